The lowest BCUT2D eigenvalue weighted by Crippen LogP contribution is -2.36. The Morgan fingerprint density at radius 3 is 2.39 bits per heavy atom. The van der Waals surface area contributed by atoms with Crippen LogP contribution in [0.2, 0.25) is 0 Å². The average molecular weight is 509 g/mol. The van der Waals surface area contributed by atoms with Gasteiger partial charge in [-0.1, -0.05) is 30.7 Å². The van der Waals surface area contributed by atoms with Crippen molar-refractivity contribution < 1.29 is 37.1 Å². The first-order valence-electron chi connectivity index (χ1n) is 11.7. The van der Waals surface area contributed by atoms with Gasteiger partial charge in [0.05, 0.1) is 18.0 Å². The van der Waals surface area contributed by atoms with E-state index in [2.05, 4.69) is 0 Å². The van der Waals surface area contributed by atoms with Crippen LogP contribution >= 0.6 is 0 Å². The van der Waals surface area contributed by atoms with Crippen LogP contribution in [0.25, 0.3) is 0 Å². The Morgan fingerprint density at radius 2 is 1.72 bits per heavy atom. The number of amides is 2. The van der Waals surface area contributed by atoms with Crippen molar-refractivity contribution in [2.24, 2.45) is 0 Å². The van der Waals surface area contributed by atoms with Gasteiger partial charge in [0, 0.05) is 32.5 Å². The predicted molar refractivity (Wildman–Crippen MR) is 124 cm³/mol. The highest BCUT2D eigenvalue weighted by Gasteiger charge is 2.37. The van der Waals surface area contributed by atoms with Crippen molar-refractivity contribution in [3.05, 3.63) is 71.0 Å². The second-order valence-corrected chi connectivity index (χ2v) is 8.85. The fraction of sp³-hybridized carbons (Fsp3) is 0.423. The van der Waals surface area contributed by atoms with E-state index >= 15 is 0 Å². The zero-order valence-corrected chi connectivity index (χ0v) is 19.6. The fourth-order valence-corrected chi connectivity index (χ4v) is 4.31. The van der Waals surface area contributed by atoms with E-state index < -0.39 is 36.2 Å². The molecule has 2 amide bonds. The van der Waals surface area contributed by atoms with Crippen molar-refractivity contribution >= 4 is 17.8 Å². The predicted octanol–water partition coefficient (Wildman–Crippen LogP) is 5.47. The van der Waals surface area contributed by atoms with Crippen LogP contribution in [0, 0.1) is 5.82 Å². The molecular formula is C26H28F4N2O4. The molecule has 0 bridgehead atoms. The first-order valence-corrected chi connectivity index (χ1v) is 11.7. The van der Waals surface area contributed by atoms with Crippen LogP contribution in [0.1, 0.15) is 54.8 Å². The summed E-state index contributed by atoms with van der Waals surface area (Å²) in [5.41, 5.74) is -0.0178. The maximum Gasteiger partial charge on any atom is 0.416 e. The summed E-state index contributed by atoms with van der Waals surface area (Å²) in [6.07, 6.45) is -2.50. The molecule has 6 nitrogen and oxygen atoms in total. The Bertz CT molecular complexity index is 1070. The van der Waals surface area contributed by atoms with Crippen molar-refractivity contribution in [1.29, 1.82) is 0 Å². The molecule has 1 N–H and O–H groups in total. The van der Waals surface area contributed by atoms with E-state index in [4.69, 9.17) is 0 Å². The van der Waals surface area contributed by atoms with E-state index in [0.29, 0.717) is 38.8 Å². The van der Waals surface area contributed by atoms with Gasteiger partial charge in [-0.05, 0) is 48.2 Å². The zero-order chi connectivity index (χ0) is 26.3. The molecule has 1 fully saturated rings. The van der Waals surface area contributed by atoms with E-state index in [0.717, 1.165) is 17.7 Å². The number of hydrogen-bond donors (Lipinski definition) is 1. The van der Waals surface area contributed by atoms with Gasteiger partial charge in [-0.3, -0.25) is 9.59 Å². The summed E-state index contributed by atoms with van der Waals surface area (Å²) in [6, 6.07) is 8.78. The molecule has 2 aromatic carbocycles. The molecule has 10 heteroatoms. The molecular weight excluding hydrogens is 480 g/mol. The van der Waals surface area contributed by atoms with Gasteiger partial charge in [0.15, 0.2) is 0 Å². The Kier molecular flexibility index (Phi) is 9.06. The van der Waals surface area contributed by atoms with Crippen LogP contribution < -0.4 is 0 Å². The first kappa shape index (κ1) is 27.2. The highest BCUT2D eigenvalue weighted by atomic mass is 19.4. The van der Waals surface area contributed by atoms with Crippen LogP contribution in [0.5, 0.6) is 0 Å². The first-order chi connectivity index (χ1) is 17.0. The van der Waals surface area contributed by atoms with Crippen LogP contribution in [0.3, 0.4) is 0 Å². The summed E-state index contributed by atoms with van der Waals surface area (Å²) in [6.45, 7) is 0.963. The topological polar surface area (TPSA) is 77.9 Å². The smallest absolute Gasteiger partial charge is 0.416 e. The Labute approximate surface area is 206 Å². The van der Waals surface area contributed by atoms with Crippen molar-refractivity contribution in [1.82, 2.24) is 9.80 Å². The van der Waals surface area contributed by atoms with Gasteiger partial charge >= 0.3 is 18.2 Å². The van der Waals surface area contributed by atoms with E-state index in [1.54, 1.807) is 17.0 Å². The van der Waals surface area contributed by atoms with E-state index in [9.17, 15) is 37.1 Å². The number of urea groups is 1. The number of unbranched alkanes of at least 4 members (excludes halogenated alkanes) is 2. The largest absolute Gasteiger partial charge is 0.481 e. The summed E-state index contributed by atoms with van der Waals surface area (Å²) < 4.78 is 52.4. The summed E-state index contributed by atoms with van der Waals surface area (Å²) in [5, 5.41) is 9.32. The quantitative estimate of drug-likeness (QED) is 0.305. The molecule has 1 unspecified atom stereocenters. The number of ketones is 1. The minimum Gasteiger partial charge on any atom is -0.481 e. The monoisotopic (exact) mass is 508 g/mol. The lowest BCUT2D eigenvalue weighted by Gasteiger charge is -2.28. The van der Waals surface area contributed by atoms with Crippen LogP contribution in [0.15, 0.2) is 48.5 Å². The lowest BCUT2D eigenvalue weighted by molar-refractivity contribution is -0.138. The SMILES string of the molecule is O=C(O)CC(c1cccc(C(F)(F)F)c1)N1CCN(CCCCCC(=O)Cc2ccc(F)cc2)C1=O. The number of benzene rings is 2. The number of carbonyl (C=O) groups excluding carboxylic acids is 2. The molecule has 36 heavy (non-hydrogen) atoms. The third-order valence-electron chi connectivity index (χ3n) is 6.17. The summed E-state index contributed by atoms with van der Waals surface area (Å²) in [4.78, 5) is 39.3. The molecule has 0 spiro atoms. The average Bonchev–Trinajstić information content (AvgIpc) is 3.18. The number of hydrogen-bond acceptors (Lipinski definition) is 3. The van der Waals surface area contributed by atoms with Gasteiger partial charge in [-0.2, -0.15) is 13.2 Å². The van der Waals surface area contributed by atoms with Gasteiger partial charge in [0.2, 0.25) is 0 Å². The van der Waals surface area contributed by atoms with Crippen molar-refractivity contribution in [3.8, 4) is 0 Å². The number of carbonyl (C=O) groups is 3. The van der Waals surface area contributed by atoms with Gasteiger partial charge in [-0.25, -0.2) is 9.18 Å². The van der Waals surface area contributed by atoms with E-state index in [1.807, 2.05) is 0 Å². The van der Waals surface area contributed by atoms with Crippen LogP contribution in [-0.2, 0) is 22.2 Å². The second-order valence-electron chi connectivity index (χ2n) is 8.85. The van der Waals surface area contributed by atoms with Crippen molar-refractivity contribution in [3.63, 3.8) is 0 Å². The minimum atomic E-state index is -4.58. The van der Waals surface area contributed by atoms with Gasteiger partial charge < -0.3 is 14.9 Å². The van der Waals surface area contributed by atoms with Gasteiger partial charge in [-0.15, -0.1) is 0 Å². The Balaban J connectivity index is 1.50. The minimum absolute atomic E-state index is 0.0441. The van der Waals surface area contributed by atoms with Gasteiger partial charge in [0.25, 0.3) is 0 Å². The zero-order valence-electron chi connectivity index (χ0n) is 19.6. The highest BCUT2D eigenvalue weighted by molar-refractivity contribution is 5.80. The molecule has 194 valence electrons. The van der Waals surface area contributed by atoms with Crippen molar-refractivity contribution in [2.75, 3.05) is 19.6 Å². The molecule has 1 aliphatic rings. The second kappa shape index (κ2) is 12.0. The normalized spacial score (nSPS) is 14.8. The van der Waals surface area contributed by atoms with Crippen LogP contribution in [0.4, 0.5) is 22.4 Å². The maximum atomic E-state index is 13.1. The maximum absolute atomic E-state index is 13.1. The molecule has 1 heterocycles. The standard InChI is InChI=1S/C26H28F4N2O4/c27-21-10-8-18(9-11-21)15-22(33)7-2-1-3-12-31-13-14-32(25(31)36)23(17-24(34)35)19-5-4-6-20(16-19)26(28,29)30/h4-6,8-11,16,23H,1-3,7,12-15,17H2,(H,34,35). The number of rotatable bonds is 12. The number of alkyl halides is 3. The molecule has 3 rings (SSSR count). The molecule has 0 radical (unpaired) electrons. The molecule has 2 aromatic rings. The number of carboxylic acids is 1. The third-order valence-corrected chi connectivity index (χ3v) is 6.17. The Morgan fingerprint density at radius 1 is 1.00 bits per heavy atom. The lowest BCUT2D eigenvalue weighted by atomic mass is 10.00. The number of Topliss-reactive ketones (excluding diaryl/α,β-unsaturated/α-hetero) is 1. The molecule has 1 aliphatic heterocycles. The fourth-order valence-electron chi connectivity index (χ4n) is 4.31. The molecule has 0 saturated carbocycles. The highest BCUT2D eigenvalue weighted by Crippen LogP contribution is 2.34. The van der Waals surface area contributed by atoms with Crippen molar-refractivity contribution in [2.45, 2.75) is 50.7 Å². The third kappa shape index (κ3) is 7.53. The Hall–Kier alpha value is -3.43. The molecule has 0 aromatic heterocycles. The number of halogens is 4. The molecule has 1 saturated heterocycles. The van der Waals surface area contributed by atoms with E-state index in [1.165, 1.54) is 29.2 Å². The molecule has 0 aliphatic carbocycles. The molecule has 1 atom stereocenters. The summed E-state index contributed by atoms with van der Waals surface area (Å²) >= 11 is 0. The summed E-state index contributed by atoms with van der Waals surface area (Å²) in [5.74, 6) is -1.53. The van der Waals surface area contributed by atoms with Gasteiger partial charge in [0.1, 0.15) is 11.6 Å². The number of carboxylic acid groups (broad SMARTS) is 1. The number of nitrogens with zero attached hydrogens (tertiary/aromatic N) is 2. The summed E-state index contributed by atoms with van der Waals surface area (Å²) in [7, 11) is 0. The van der Waals surface area contributed by atoms with Crippen LogP contribution in [-0.4, -0.2) is 52.3 Å². The number of aliphatic carboxylic acids is 1. The van der Waals surface area contributed by atoms with E-state index in [-0.39, 0.29) is 30.1 Å².